The Labute approximate surface area is 163 Å². The van der Waals surface area contributed by atoms with E-state index in [0.29, 0.717) is 23.5 Å². The molecule has 0 spiro atoms. The molecule has 1 saturated heterocycles. The van der Waals surface area contributed by atoms with Gasteiger partial charge in [0.15, 0.2) is 5.84 Å². The molecule has 8 heteroatoms. The van der Waals surface area contributed by atoms with Crippen LogP contribution in [0.3, 0.4) is 0 Å². The van der Waals surface area contributed by atoms with Crippen molar-refractivity contribution in [3.63, 3.8) is 0 Å². The van der Waals surface area contributed by atoms with E-state index in [-0.39, 0.29) is 10.9 Å². The number of nitrogens with zero attached hydrogens (tertiary/aromatic N) is 3. The number of benzene rings is 2. The number of halogens is 2. The fourth-order valence-corrected chi connectivity index (χ4v) is 5.18. The minimum absolute atomic E-state index is 0.153. The minimum Gasteiger partial charge on any atom is -0.355 e. The molecule has 0 N–H and O–H groups in total. The first kappa shape index (κ1) is 19.0. The van der Waals surface area contributed by atoms with Crippen LogP contribution in [0.25, 0.3) is 0 Å². The first-order valence-electron chi connectivity index (χ1n) is 9.18. The van der Waals surface area contributed by atoms with Gasteiger partial charge in [-0.1, -0.05) is 12.1 Å². The molecule has 4 rings (SSSR count). The molecule has 0 amide bonds. The van der Waals surface area contributed by atoms with Gasteiger partial charge in [0.1, 0.15) is 16.5 Å². The molecule has 0 saturated carbocycles. The number of fused-ring (bicyclic) bond motifs is 1. The van der Waals surface area contributed by atoms with E-state index in [4.69, 9.17) is 0 Å². The van der Waals surface area contributed by atoms with E-state index in [1.54, 1.807) is 18.2 Å². The van der Waals surface area contributed by atoms with Crippen LogP contribution in [0.4, 0.5) is 8.78 Å². The highest BCUT2D eigenvalue weighted by atomic mass is 32.2. The van der Waals surface area contributed by atoms with Gasteiger partial charge in [-0.15, -0.1) is 4.40 Å². The molecule has 1 fully saturated rings. The lowest BCUT2D eigenvalue weighted by Gasteiger charge is -2.37. The monoisotopic (exact) mass is 405 g/mol. The lowest BCUT2D eigenvalue weighted by atomic mass is 10.0. The van der Waals surface area contributed by atoms with Gasteiger partial charge in [-0.2, -0.15) is 8.42 Å². The third-order valence-corrected chi connectivity index (χ3v) is 6.71. The molecule has 0 unspecified atom stereocenters. The highest BCUT2D eigenvalue weighted by molar-refractivity contribution is 7.90. The predicted molar refractivity (Wildman–Crippen MR) is 103 cm³/mol. The molecule has 2 heterocycles. The van der Waals surface area contributed by atoms with Crippen molar-refractivity contribution in [1.82, 2.24) is 9.80 Å². The highest BCUT2D eigenvalue weighted by Crippen LogP contribution is 2.29. The van der Waals surface area contributed by atoms with Crippen molar-refractivity contribution in [3.8, 4) is 0 Å². The Morgan fingerprint density at radius 2 is 1.75 bits per heavy atom. The van der Waals surface area contributed by atoms with E-state index in [9.17, 15) is 17.2 Å². The topological polar surface area (TPSA) is 53.0 Å². The largest absolute Gasteiger partial charge is 0.355 e. The van der Waals surface area contributed by atoms with Crippen LogP contribution in [0.15, 0.2) is 51.8 Å². The van der Waals surface area contributed by atoms with Crippen LogP contribution in [-0.4, -0.2) is 50.2 Å². The zero-order valence-corrected chi connectivity index (χ0v) is 16.3. The summed E-state index contributed by atoms with van der Waals surface area (Å²) in [4.78, 5) is 4.35. The van der Waals surface area contributed by atoms with E-state index in [2.05, 4.69) is 9.30 Å². The molecule has 2 aliphatic rings. The number of hydrogen-bond acceptors (Lipinski definition) is 4. The summed E-state index contributed by atoms with van der Waals surface area (Å²) in [7, 11) is -1.76. The lowest BCUT2D eigenvalue weighted by molar-refractivity contribution is 0.159. The Morgan fingerprint density at radius 3 is 2.43 bits per heavy atom. The van der Waals surface area contributed by atoms with Crippen LogP contribution in [0.2, 0.25) is 0 Å². The summed E-state index contributed by atoms with van der Waals surface area (Å²) in [6.07, 6.45) is 1.63. The summed E-state index contributed by atoms with van der Waals surface area (Å²) < 4.78 is 55.3. The maximum Gasteiger partial charge on any atom is 0.285 e. The molecule has 148 valence electrons. The first-order chi connectivity index (χ1) is 13.3. The first-order valence-corrected chi connectivity index (χ1v) is 10.6. The van der Waals surface area contributed by atoms with Gasteiger partial charge in [-0.25, -0.2) is 8.78 Å². The smallest absolute Gasteiger partial charge is 0.285 e. The minimum atomic E-state index is -3.63. The summed E-state index contributed by atoms with van der Waals surface area (Å²) in [5.41, 5.74) is 1.26. The quantitative estimate of drug-likeness (QED) is 0.788. The van der Waals surface area contributed by atoms with Crippen molar-refractivity contribution >= 4 is 15.9 Å². The molecule has 5 nitrogen and oxygen atoms in total. The van der Waals surface area contributed by atoms with Gasteiger partial charge < -0.3 is 4.90 Å². The van der Waals surface area contributed by atoms with Gasteiger partial charge >= 0.3 is 0 Å². The molecule has 2 aromatic carbocycles. The standard InChI is InChI=1S/C20H21F2N3O2S/c1-24(20-18-4-2-3-5-19(18)28(26,27)23-20)17-6-8-25(9-7-17)13-14-10-15(21)12-16(22)11-14/h2-5,10-12,17H,6-9,13H2,1H3. The third-order valence-electron chi connectivity index (χ3n) is 5.38. The summed E-state index contributed by atoms with van der Waals surface area (Å²) in [5, 5.41) is 0. The van der Waals surface area contributed by atoms with Crippen molar-refractivity contribution in [1.29, 1.82) is 0 Å². The van der Waals surface area contributed by atoms with Gasteiger partial charge in [-0.3, -0.25) is 4.90 Å². The van der Waals surface area contributed by atoms with Crippen molar-refractivity contribution in [2.24, 2.45) is 4.40 Å². The number of rotatable bonds is 3. The Hall–Kier alpha value is -2.32. The molecule has 2 aliphatic heterocycles. The predicted octanol–water partition coefficient (Wildman–Crippen LogP) is 3.01. The normalized spacial score (nSPS) is 19.3. The second-order valence-corrected chi connectivity index (χ2v) is 8.85. The van der Waals surface area contributed by atoms with Crippen molar-refractivity contribution in [2.75, 3.05) is 20.1 Å². The molecule has 0 radical (unpaired) electrons. The zero-order valence-electron chi connectivity index (χ0n) is 15.5. The summed E-state index contributed by atoms with van der Waals surface area (Å²) >= 11 is 0. The SMILES string of the molecule is CN(C1=NS(=O)(=O)c2ccccc21)C1CCN(Cc2cc(F)cc(F)c2)CC1. The second kappa shape index (κ2) is 7.25. The molecular formula is C20H21F2N3O2S. The van der Waals surface area contributed by atoms with Crippen molar-refractivity contribution < 1.29 is 17.2 Å². The Morgan fingerprint density at radius 1 is 1.11 bits per heavy atom. The third kappa shape index (κ3) is 3.66. The average molecular weight is 405 g/mol. The van der Waals surface area contributed by atoms with Gasteiger partial charge in [0.05, 0.1) is 0 Å². The summed E-state index contributed by atoms with van der Waals surface area (Å²) in [5.74, 6) is -0.645. The van der Waals surface area contributed by atoms with Crippen LogP contribution in [0.1, 0.15) is 24.0 Å². The van der Waals surface area contributed by atoms with E-state index in [0.717, 1.165) is 32.0 Å². The zero-order chi connectivity index (χ0) is 19.9. The molecule has 0 bridgehead atoms. The van der Waals surface area contributed by atoms with Crippen LogP contribution < -0.4 is 0 Å². The number of likely N-dealkylation sites (tertiary alicyclic amines) is 1. The summed E-state index contributed by atoms with van der Waals surface area (Å²) in [6, 6.07) is 10.6. The fourth-order valence-electron chi connectivity index (χ4n) is 3.94. The number of piperidine rings is 1. The van der Waals surface area contributed by atoms with E-state index < -0.39 is 21.7 Å². The number of sulfonamides is 1. The van der Waals surface area contributed by atoms with Gasteiger partial charge in [0, 0.05) is 44.4 Å². The fraction of sp³-hybridized carbons (Fsp3) is 0.350. The molecule has 0 aliphatic carbocycles. The van der Waals surface area contributed by atoms with Crippen LogP contribution >= 0.6 is 0 Å². The Bertz CT molecular complexity index is 1010. The number of amidine groups is 1. The van der Waals surface area contributed by atoms with Crippen LogP contribution in [0.5, 0.6) is 0 Å². The molecule has 0 atom stereocenters. The molecule has 0 aromatic heterocycles. The molecular weight excluding hydrogens is 384 g/mol. The molecule has 28 heavy (non-hydrogen) atoms. The Balaban J connectivity index is 1.43. The van der Waals surface area contributed by atoms with E-state index >= 15 is 0 Å². The highest BCUT2D eigenvalue weighted by Gasteiger charge is 2.33. The molecule has 2 aromatic rings. The van der Waals surface area contributed by atoms with Gasteiger partial charge in [-0.05, 0) is 42.7 Å². The average Bonchev–Trinajstić information content (AvgIpc) is 2.93. The van der Waals surface area contributed by atoms with E-state index in [1.165, 1.54) is 12.1 Å². The maximum atomic E-state index is 13.4. The van der Waals surface area contributed by atoms with Crippen LogP contribution in [-0.2, 0) is 16.6 Å². The lowest BCUT2D eigenvalue weighted by Crippen LogP contribution is -2.45. The van der Waals surface area contributed by atoms with Gasteiger partial charge in [0.25, 0.3) is 10.0 Å². The van der Waals surface area contributed by atoms with Crippen molar-refractivity contribution in [2.45, 2.75) is 30.3 Å². The van der Waals surface area contributed by atoms with Crippen LogP contribution in [0, 0.1) is 11.6 Å². The van der Waals surface area contributed by atoms with Gasteiger partial charge in [0.2, 0.25) is 0 Å². The number of hydrogen-bond donors (Lipinski definition) is 0. The summed E-state index contributed by atoms with van der Waals surface area (Å²) in [6.45, 7) is 2.01. The van der Waals surface area contributed by atoms with Crippen molar-refractivity contribution in [3.05, 3.63) is 65.2 Å². The van der Waals surface area contributed by atoms with E-state index in [1.807, 2.05) is 18.0 Å². The maximum absolute atomic E-state index is 13.4. The Kier molecular flexibility index (Phi) is 4.93. The second-order valence-electron chi connectivity index (χ2n) is 7.28.